The number of hydrogen-bond donors (Lipinski definition) is 1. The average molecular weight is 210 g/mol. The van der Waals surface area contributed by atoms with Gasteiger partial charge < -0.3 is 15.5 Å². The lowest BCUT2D eigenvalue weighted by Gasteiger charge is -2.39. The van der Waals surface area contributed by atoms with Gasteiger partial charge in [-0.1, -0.05) is 0 Å². The van der Waals surface area contributed by atoms with Crippen LogP contribution in [0.1, 0.15) is 12.8 Å². The van der Waals surface area contributed by atoms with Gasteiger partial charge in [0.05, 0.1) is 18.5 Å². The number of nitrogens with zero attached hydrogens (tertiary/aromatic N) is 3. The second kappa shape index (κ2) is 5.69. The summed E-state index contributed by atoms with van der Waals surface area (Å²) < 4.78 is 0. The highest BCUT2D eigenvalue weighted by Gasteiger charge is 2.27. The standard InChI is InChI=1S/C10H18N4O/c1-13-6-7-14(10(15)3-5-12)9(8-13)2-4-11/h9H,2-3,5-8,12H2,1H3/t9-/m0/s1. The molecule has 1 fully saturated rings. The van der Waals surface area contributed by atoms with Gasteiger partial charge in [0, 0.05) is 32.6 Å². The van der Waals surface area contributed by atoms with Crippen LogP contribution in [0.25, 0.3) is 0 Å². The molecule has 0 aliphatic carbocycles. The summed E-state index contributed by atoms with van der Waals surface area (Å²) in [5, 5.41) is 8.70. The van der Waals surface area contributed by atoms with Crippen molar-refractivity contribution in [3.63, 3.8) is 0 Å². The van der Waals surface area contributed by atoms with Crippen molar-refractivity contribution in [2.45, 2.75) is 18.9 Å². The molecule has 1 rings (SSSR count). The van der Waals surface area contributed by atoms with Gasteiger partial charge in [0.15, 0.2) is 0 Å². The summed E-state index contributed by atoms with van der Waals surface area (Å²) in [6.07, 6.45) is 0.784. The molecular weight excluding hydrogens is 192 g/mol. The van der Waals surface area contributed by atoms with E-state index in [1.54, 1.807) is 4.90 Å². The first kappa shape index (κ1) is 12.0. The quantitative estimate of drug-likeness (QED) is 0.674. The summed E-state index contributed by atoms with van der Waals surface area (Å²) in [5.41, 5.74) is 5.36. The Hall–Kier alpha value is -1.12. The Morgan fingerprint density at radius 3 is 2.93 bits per heavy atom. The summed E-state index contributed by atoms with van der Waals surface area (Å²) in [5.74, 6) is 0.0749. The molecule has 5 heteroatoms. The number of nitrogens with two attached hydrogens (primary N) is 1. The molecule has 0 spiro atoms. The number of hydrogen-bond acceptors (Lipinski definition) is 4. The summed E-state index contributed by atoms with van der Waals surface area (Å²) in [4.78, 5) is 15.7. The van der Waals surface area contributed by atoms with Gasteiger partial charge in [-0.2, -0.15) is 5.26 Å². The summed E-state index contributed by atoms with van der Waals surface area (Å²) in [6.45, 7) is 2.74. The van der Waals surface area contributed by atoms with E-state index in [-0.39, 0.29) is 11.9 Å². The first-order chi connectivity index (χ1) is 7.19. The number of likely N-dealkylation sites (N-methyl/N-ethyl adjacent to an activating group) is 1. The van der Waals surface area contributed by atoms with Crippen LogP contribution in [0.2, 0.25) is 0 Å². The van der Waals surface area contributed by atoms with Gasteiger partial charge in [-0.25, -0.2) is 0 Å². The highest BCUT2D eigenvalue weighted by atomic mass is 16.2. The Kier molecular flexibility index (Phi) is 4.53. The van der Waals surface area contributed by atoms with Crippen LogP contribution >= 0.6 is 0 Å². The van der Waals surface area contributed by atoms with Crippen LogP contribution in [0, 0.1) is 11.3 Å². The third-order valence-corrected chi connectivity index (χ3v) is 2.69. The van der Waals surface area contributed by atoms with E-state index >= 15 is 0 Å². The predicted octanol–water partition coefficient (Wildman–Crippen LogP) is -0.609. The van der Waals surface area contributed by atoms with Crippen LogP contribution in [-0.2, 0) is 4.79 Å². The summed E-state index contributed by atoms with van der Waals surface area (Å²) in [6, 6.07) is 2.17. The minimum absolute atomic E-state index is 0.0350. The van der Waals surface area contributed by atoms with Crippen molar-refractivity contribution in [3.8, 4) is 6.07 Å². The molecule has 0 saturated carbocycles. The van der Waals surface area contributed by atoms with Gasteiger partial charge in [0.1, 0.15) is 0 Å². The SMILES string of the molecule is CN1CCN(C(=O)CCN)[C@@H](CC#N)C1. The van der Waals surface area contributed by atoms with Crippen molar-refractivity contribution >= 4 is 5.91 Å². The molecule has 1 aliphatic heterocycles. The molecule has 0 radical (unpaired) electrons. The number of rotatable bonds is 3. The van der Waals surface area contributed by atoms with Gasteiger partial charge in [-0.3, -0.25) is 4.79 Å². The van der Waals surface area contributed by atoms with Crippen LogP contribution in [0.5, 0.6) is 0 Å². The molecule has 2 N–H and O–H groups in total. The van der Waals surface area contributed by atoms with Gasteiger partial charge >= 0.3 is 0 Å². The van der Waals surface area contributed by atoms with E-state index in [4.69, 9.17) is 11.0 Å². The third kappa shape index (κ3) is 3.18. The minimum atomic E-state index is 0.0350. The highest BCUT2D eigenvalue weighted by Crippen LogP contribution is 2.12. The maximum absolute atomic E-state index is 11.7. The van der Waals surface area contributed by atoms with E-state index in [0.29, 0.717) is 25.9 Å². The summed E-state index contributed by atoms with van der Waals surface area (Å²) >= 11 is 0. The Balaban J connectivity index is 2.60. The molecule has 0 bridgehead atoms. The smallest absolute Gasteiger partial charge is 0.224 e. The van der Waals surface area contributed by atoms with E-state index in [0.717, 1.165) is 13.1 Å². The van der Waals surface area contributed by atoms with Crippen molar-refractivity contribution in [2.24, 2.45) is 5.73 Å². The van der Waals surface area contributed by atoms with Crippen LogP contribution in [0.15, 0.2) is 0 Å². The molecule has 1 heterocycles. The van der Waals surface area contributed by atoms with E-state index in [2.05, 4.69) is 11.0 Å². The Morgan fingerprint density at radius 2 is 2.33 bits per heavy atom. The zero-order valence-corrected chi connectivity index (χ0v) is 9.15. The Morgan fingerprint density at radius 1 is 1.60 bits per heavy atom. The predicted molar refractivity (Wildman–Crippen MR) is 56.9 cm³/mol. The molecule has 1 saturated heterocycles. The molecule has 1 aliphatic rings. The molecule has 0 unspecified atom stereocenters. The van der Waals surface area contributed by atoms with Crippen molar-refractivity contribution in [1.29, 1.82) is 5.26 Å². The fraction of sp³-hybridized carbons (Fsp3) is 0.800. The van der Waals surface area contributed by atoms with E-state index < -0.39 is 0 Å². The Bertz CT molecular complexity index is 261. The largest absolute Gasteiger partial charge is 0.336 e. The van der Waals surface area contributed by atoms with Crippen LogP contribution in [0.4, 0.5) is 0 Å². The third-order valence-electron chi connectivity index (χ3n) is 2.69. The lowest BCUT2D eigenvalue weighted by atomic mass is 10.1. The molecule has 0 aromatic rings. The van der Waals surface area contributed by atoms with Gasteiger partial charge in [0.2, 0.25) is 5.91 Å². The van der Waals surface area contributed by atoms with Crippen molar-refractivity contribution in [1.82, 2.24) is 9.80 Å². The number of piperazine rings is 1. The van der Waals surface area contributed by atoms with E-state index in [1.165, 1.54) is 0 Å². The average Bonchev–Trinajstić information content (AvgIpc) is 2.18. The highest BCUT2D eigenvalue weighted by molar-refractivity contribution is 5.76. The topological polar surface area (TPSA) is 73.4 Å². The first-order valence-electron chi connectivity index (χ1n) is 5.24. The second-order valence-corrected chi connectivity index (χ2v) is 3.90. The monoisotopic (exact) mass is 210 g/mol. The second-order valence-electron chi connectivity index (χ2n) is 3.90. The fourth-order valence-corrected chi connectivity index (χ4v) is 1.89. The van der Waals surface area contributed by atoms with E-state index in [1.807, 2.05) is 7.05 Å². The fourth-order valence-electron chi connectivity index (χ4n) is 1.89. The number of nitriles is 1. The van der Waals surface area contributed by atoms with Gasteiger partial charge in [-0.15, -0.1) is 0 Å². The van der Waals surface area contributed by atoms with Crippen LogP contribution < -0.4 is 5.73 Å². The minimum Gasteiger partial charge on any atom is -0.336 e. The normalized spacial score (nSPS) is 22.5. The molecule has 5 nitrogen and oxygen atoms in total. The summed E-state index contributed by atoms with van der Waals surface area (Å²) in [7, 11) is 2.01. The lowest BCUT2D eigenvalue weighted by molar-refractivity contribution is -0.135. The van der Waals surface area contributed by atoms with Crippen molar-refractivity contribution in [3.05, 3.63) is 0 Å². The van der Waals surface area contributed by atoms with Crippen LogP contribution in [-0.4, -0.2) is 55.0 Å². The molecule has 15 heavy (non-hydrogen) atoms. The van der Waals surface area contributed by atoms with Crippen LogP contribution in [0.3, 0.4) is 0 Å². The Labute approximate surface area is 90.4 Å². The molecule has 1 amide bonds. The maximum Gasteiger partial charge on any atom is 0.224 e. The maximum atomic E-state index is 11.7. The van der Waals surface area contributed by atoms with Crippen molar-refractivity contribution in [2.75, 3.05) is 33.2 Å². The molecular formula is C10H18N4O. The van der Waals surface area contributed by atoms with Crippen molar-refractivity contribution < 1.29 is 4.79 Å². The zero-order chi connectivity index (χ0) is 11.3. The van der Waals surface area contributed by atoms with Gasteiger partial charge in [-0.05, 0) is 7.05 Å². The number of carbonyl (C=O) groups is 1. The zero-order valence-electron chi connectivity index (χ0n) is 9.15. The first-order valence-corrected chi connectivity index (χ1v) is 5.24. The van der Waals surface area contributed by atoms with Gasteiger partial charge in [0.25, 0.3) is 0 Å². The molecule has 1 atom stereocenters. The number of carbonyl (C=O) groups excluding carboxylic acids is 1. The molecule has 0 aromatic heterocycles. The number of amides is 1. The van der Waals surface area contributed by atoms with E-state index in [9.17, 15) is 4.79 Å². The lowest BCUT2D eigenvalue weighted by Crippen LogP contribution is -2.54. The molecule has 84 valence electrons. The molecule has 0 aromatic carbocycles.